The summed E-state index contributed by atoms with van der Waals surface area (Å²) in [5.74, 6) is 0.772. The third-order valence-corrected chi connectivity index (χ3v) is 2.79. The third-order valence-electron chi connectivity index (χ3n) is 2.56. The molecule has 2 N–H and O–H groups in total. The van der Waals surface area contributed by atoms with Crippen molar-refractivity contribution in [2.45, 2.75) is 13.5 Å². The number of anilines is 1. The Morgan fingerprint density at radius 3 is 2.71 bits per heavy atom. The van der Waals surface area contributed by atoms with Crippen LogP contribution in [-0.2, 0) is 6.61 Å². The fourth-order valence-electron chi connectivity index (χ4n) is 1.60. The van der Waals surface area contributed by atoms with Crippen LogP contribution >= 0.6 is 11.6 Å². The number of hydrogen-bond acceptors (Lipinski definition) is 2. The number of ether oxygens (including phenoxy) is 1. The van der Waals surface area contributed by atoms with Crippen molar-refractivity contribution in [3.63, 3.8) is 0 Å². The molecule has 2 aromatic rings. The van der Waals surface area contributed by atoms with E-state index in [4.69, 9.17) is 22.1 Å². The Hall–Kier alpha value is -1.67. The quantitative estimate of drug-likeness (QED) is 0.837. The molecule has 3 heteroatoms. The highest BCUT2D eigenvalue weighted by molar-refractivity contribution is 6.30. The predicted octanol–water partition coefficient (Wildman–Crippen LogP) is 3.81. The van der Waals surface area contributed by atoms with Crippen molar-refractivity contribution in [3.05, 3.63) is 58.6 Å². The average Bonchev–Trinajstić information content (AvgIpc) is 2.28. The third kappa shape index (κ3) is 3.14. The Morgan fingerprint density at radius 2 is 2.00 bits per heavy atom. The summed E-state index contributed by atoms with van der Waals surface area (Å²) in [6.45, 7) is 2.54. The Kier molecular flexibility index (Phi) is 3.55. The van der Waals surface area contributed by atoms with Crippen LogP contribution in [-0.4, -0.2) is 0 Å². The summed E-state index contributed by atoms with van der Waals surface area (Å²) in [5, 5.41) is 0.677. The van der Waals surface area contributed by atoms with Gasteiger partial charge >= 0.3 is 0 Å². The first-order chi connectivity index (χ1) is 8.15. The molecule has 0 radical (unpaired) electrons. The zero-order valence-corrected chi connectivity index (χ0v) is 10.4. The molecule has 2 rings (SSSR count). The summed E-state index contributed by atoms with van der Waals surface area (Å²) in [4.78, 5) is 0. The minimum atomic E-state index is 0.520. The van der Waals surface area contributed by atoms with Crippen molar-refractivity contribution in [2.75, 3.05) is 5.73 Å². The van der Waals surface area contributed by atoms with Crippen molar-refractivity contribution >= 4 is 17.3 Å². The summed E-state index contributed by atoms with van der Waals surface area (Å²) in [6, 6.07) is 13.2. The summed E-state index contributed by atoms with van der Waals surface area (Å²) in [6.07, 6.45) is 0. The normalized spacial score (nSPS) is 10.2. The van der Waals surface area contributed by atoms with E-state index in [1.807, 2.05) is 43.3 Å². The van der Waals surface area contributed by atoms with Crippen molar-refractivity contribution in [2.24, 2.45) is 0 Å². The van der Waals surface area contributed by atoms with Gasteiger partial charge in [0.25, 0.3) is 0 Å². The number of nitrogen functional groups attached to an aromatic ring is 1. The summed E-state index contributed by atoms with van der Waals surface area (Å²) in [7, 11) is 0. The molecule has 0 fully saturated rings. The van der Waals surface area contributed by atoms with Gasteiger partial charge in [0.15, 0.2) is 0 Å². The zero-order valence-electron chi connectivity index (χ0n) is 9.61. The average molecular weight is 248 g/mol. The standard InChI is InChI=1S/C14H14ClNO/c1-10-7-13(16)6-5-11(10)9-17-14-4-2-3-12(15)8-14/h2-8H,9,16H2,1H3. The van der Waals surface area contributed by atoms with Crippen molar-refractivity contribution in [1.82, 2.24) is 0 Å². The van der Waals surface area contributed by atoms with Gasteiger partial charge in [0.1, 0.15) is 12.4 Å². The maximum absolute atomic E-state index is 5.88. The van der Waals surface area contributed by atoms with Crippen LogP contribution in [0.2, 0.25) is 5.02 Å². The van der Waals surface area contributed by atoms with Crippen molar-refractivity contribution < 1.29 is 4.74 Å². The Labute approximate surface area is 106 Å². The number of nitrogens with two attached hydrogens (primary N) is 1. The molecule has 0 aliphatic carbocycles. The van der Waals surface area contributed by atoms with Crippen LogP contribution in [0.3, 0.4) is 0 Å². The fraction of sp³-hybridized carbons (Fsp3) is 0.143. The summed E-state index contributed by atoms with van der Waals surface area (Å²) < 4.78 is 5.67. The molecule has 0 heterocycles. The molecule has 2 nitrogen and oxygen atoms in total. The fourth-order valence-corrected chi connectivity index (χ4v) is 1.78. The number of aryl methyl sites for hydroxylation is 1. The van der Waals surface area contributed by atoms with Gasteiger partial charge in [-0.05, 0) is 48.4 Å². The van der Waals surface area contributed by atoms with Gasteiger partial charge in [-0.15, -0.1) is 0 Å². The largest absolute Gasteiger partial charge is 0.489 e. The number of hydrogen-bond donors (Lipinski definition) is 1. The number of halogens is 1. The molecule has 0 atom stereocenters. The first kappa shape index (κ1) is 11.8. The summed E-state index contributed by atoms with van der Waals surface area (Å²) >= 11 is 5.88. The van der Waals surface area contributed by atoms with Crippen LogP contribution in [0, 0.1) is 6.92 Å². The van der Waals surface area contributed by atoms with Gasteiger partial charge in [0, 0.05) is 10.7 Å². The second-order valence-electron chi connectivity index (χ2n) is 3.93. The van der Waals surface area contributed by atoms with Gasteiger partial charge in [0.2, 0.25) is 0 Å². The maximum Gasteiger partial charge on any atom is 0.121 e. The lowest BCUT2D eigenvalue weighted by Crippen LogP contribution is -1.98. The SMILES string of the molecule is Cc1cc(N)ccc1COc1cccc(Cl)c1. The smallest absolute Gasteiger partial charge is 0.121 e. The van der Waals surface area contributed by atoms with Crippen LogP contribution in [0.4, 0.5) is 5.69 Å². The lowest BCUT2D eigenvalue weighted by molar-refractivity contribution is 0.305. The van der Waals surface area contributed by atoms with Gasteiger partial charge in [-0.3, -0.25) is 0 Å². The van der Waals surface area contributed by atoms with E-state index < -0.39 is 0 Å². The molecule has 0 bridgehead atoms. The molecule has 17 heavy (non-hydrogen) atoms. The van der Waals surface area contributed by atoms with Gasteiger partial charge in [0.05, 0.1) is 0 Å². The topological polar surface area (TPSA) is 35.2 Å². The molecule has 0 unspecified atom stereocenters. The van der Waals surface area contributed by atoms with Crippen LogP contribution in [0.5, 0.6) is 5.75 Å². The van der Waals surface area contributed by atoms with Crippen molar-refractivity contribution in [3.8, 4) is 5.75 Å². The lowest BCUT2D eigenvalue weighted by Gasteiger charge is -2.09. The zero-order chi connectivity index (χ0) is 12.3. The minimum absolute atomic E-state index is 0.520. The monoisotopic (exact) mass is 247 g/mol. The van der Waals surface area contributed by atoms with E-state index in [1.54, 1.807) is 6.07 Å². The first-order valence-electron chi connectivity index (χ1n) is 5.38. The van der Waals surface area contributed by atoms with Crippen LogP contribution in [0.15, 0.2) is 42.5 Å². The Bertz CT molecular complexity index is 525. The van der Waals surface area contributed by atoms with Crippen molar-refractivity contribution in [1.29, 1.82) is 0 Å². The highest BCUT2D eigenvalue weighted by Gasteiger charge is 2.00. The Morgan fingerprint density at radius 1 is 1.18 bits per heavy atom. The van der Waals surface area contributed by atoms with Gasteiger partial charge in [-0.2, -0.15) is 0 Å². The molecule has 2 aromatic carbocycles. The molecule has 0 aromatic heterocycles. The first-order valence-corrected chi connectivity index (χ1v) is 5.76. The molecule has 0 aliphatic heterocycles. The molecular formula is C14H14ClNO. The van der Waals surface area contributed by atoms with Crippen LogP contribution in [0.25, 0.3) is 0 Å². The molecule has 0 saturated carbocycles. The number of benzene rings is 2. The van der Waals surface area contributed by atoms with E-state index in [9.17, 15) is 0 Å². The molecule has 0 spiro atoms. The van der Waals surface area contributed by atoms with E-state index in [0.29, 0.717) is 11.6 Å². The molecule has 88 valence electrons. The van der Waals surface area contributed by atoms with Crippen LogP contribution in [0.1, 0.15) is 11.1 Å². The molecule has 0 saturated heterocycles. The second-order valence-corrected chi connectivity index (χ2v) is 4.37. The van der Waals surface area contributed by atoms with Crippen LogP contribution < -0.4 is 10.5 Å². The molecular weight excluding hydrogens is 234 g/mol. The highest BCUT2D eigenvalue weighted by Crippen LogP contribution is 2.20. The number of rotatable bonds is 3. The van der Waals surface area contributed by atoms with E-state index in [2.05, 4.69) is 0 Å². The van der Waals surface area contributed by atoms with Gasteiger partial charge < -0.3 is 10.5 Å². The second kappa shape index (κ2) is 5.11. The maximum atomic E-state index is 5.88. The Balaban J connectivity index is 2.07. The minimum Gasteiger partial charge on any atom is -0.489 e. The summed E-state index contributed by atoms with van der Waals surface area (Å²) in [5.41, 5.74) is 8.72. The van der Waals surface area contributed by atoms with E-state index in [1.165, 1.54) is 0 Å². The van der Waals surface area contributed by atoms with E-state index >= 15 is 0 Å². The molecule has 0 amide bonds. The van der Waals surface area contributed by atoms with E-state index in [0.717, 1.165) is 22.6 Å². The van der Waals surface area contributed by atoms with Gasteiger partial charge in [-0.1, -0.05) is 23.7 Å². The molecule has 0 aliphatic rings. The lowest BCUT2D eigenvalue weighted by atomic mass is 10.1. The van der Waals surface area contributed by atoms with E-state index in [-0.39, 0.29) is 0 Å². The highest BCUT2D eigenvalue weighted by atomic mass is 35.5. The van der Waals surface area contributed by atoms with Gasteiger partial charge in [-0.25, -0.2) is 0 Å². The predicted molar refractivity (Wildman–Crippen MR) is 71.4 cm³/mol.